The van der Waals surface area contributed by atoms with Gasteiger partial charge in [0.05, 0.1) is 31.1 Å². The summed E-state index contributed by atoms with van der Waals surface area (Å²) in [6.45, 7) is 0. The van der Waals surface area contributed by atoms with Gasteiger partial charge in [-0.3, -0.25) is 5.10 Å². The lowest BCUT2D eigenvalue weighted by atomic mass is 10.0. The average molecular weight is 273 g/mol. The van der Waals surface area contributed by atoms with E-state index >= 15 is 0 Å². The van der Waals surface area contributed by atoms with Gasteiger partial charge in [0.1, 0.15) is 11.5 Å². The van der Waals surface area contributed by atoms with E-state index in [-0.39, 0.29) is 11.7 Å². The van der Waals surface area contributed by atoms with Crippen molar-refractivity contribution < 1.29 is 18.7 Å². The molecule has 0 bridgehead atoms. The Hall–Kier alpha value is -2.96. The van der Waals surface area contributed by atoms with Gasteiger partial charge >= 0.3 is 5.97 Å². The Morgan fingerprint density at radius 1 is 1.25 bits per heavy atom. The molecule has 3 N–H and O–H groups in total. The van der Waals surface area contributed by atoms with Crippen LogP contribution < -0.4 is 5.32 Å². The van der Waals surface area contributed by atoms with Gasteiger partial charge in [-0.15, -0.1) is 0 Å². The largest absolute Gasteiger partial charge is 0.477 e. The summed E-state index contributed by atoms with van der Waals surface area (Å²) in [7, 11) is 0. The van der Waals surface area contributed by atoms with Gasteiger partial charge in [-0.1, -0.05) is 0 Å². The van der Waals surface area contributed by atoms with Crippen LogP contribution in [0.4, 0.5) is 5.82 Å². The summed E-state index contributed by atoms with van der Waals surface area (Å²) in [5, 5.41) is 18.4. The molecule has 7 heteroatoms. The number of carbonyl (C=O) groups is 1. The maximum absolute atomic E-state index is 10.8. The average Bonchev–Trinajstić information content (AvgIpc) is 3.17. The van der Waals surface area contributed by atoms with Crippen LogP contribution in [0.25, 0.3) is 0 Å². The monoisotopic (exact) mass is 273 g/mol. The summed E-state index contributed by atoms with van der Waals surface area (Å²) in [6.07, 6.45) is 6.35. The molecule has 0 aromatic carbocycles. The Morgan fingerprint density at radius 3 is 2.35 bits per heavy atom. The zero-order chi connectivity index (χ0) is 13.9. The first-order valence-corrected chi connectivity index (χ1v) is 5.83. The van der Waals surface area contributed by atoms with Gasteiger partial charge < -0.3 is 19.3 Å². The van der Waals surface area contributed by atoms with E-state index < -0.39 is 5.97 Å². The molecular formula is C13H11N3O4. The molecule has 0 amide bonds. The van der Waals surface area contributed by atoms with Crippen LogP contribution in [0.1, 0.15) is 27.7 Å². The number of hydrogen-bond acceptors (Lipinski definition) is 5. The third-order valence-electron chi connectivity index (χ3n) is 2.85. The van der Waals surface area contributed by atoms with E-state index in [0.717, 1.165) is 11.1 Å². The van der Waals surface area contributed by atoms with Gasteiger partial charge in [-0.2, -0.15) is 5.10 Å². The van der Waals surface area contributed by atoms with Crippen molar-refractivity contribution in [1.29, 1.82) is 0 Å². The number of rotatable bonds is 5. The molecule has 3 rings (SSSR count). The zero-order valence-electron chi connectivity index (χ0n) is 10.2. The smallest absolute Gasteiger partial charge is 0.353 e. The van der Waals surface area contributed by atoms with Crippen LogP contribution >= 0.6 is 0 Å². The van der Waals surface area contributed by atoms with Gasteiger partial charge in [0, 0.05) is 17.2 Å². The molecule has 0 aliphatic heterocycles. The van der Waals surface area contributed by atoms with Gasteiger partial charge in [0.2, 0.25) is 0 Å². The van der Waals surface area contributed by atoms with Crippen molar-refractivity contribution in [2.45, 2.75) is 6.04 Å². The van der Waals surface area contributed by atoms with Crippen LogP contribution in [0.5, 0.6) is 0 Å². The van der Waals surface area contributed by atoms with Crippen molar-refractivity contribution in [2.75, 3.05) is 5.32 Å². The SMILES string of the molecule is O=C(O)c1cc(NC(c2ccoc2)c2ccoc2)n[nH]1. The van der Waals surface area contributed by atoms with Crippen molar-refractivity contribution in [3.05, 3.63) is 60.1 Å². The van der Waals surface area contributed by atoms with Crippen molar-refractivity contribution in [3.63, 3.8) is 0 Å². The molecule has 0 aliphatic carbocycles. The molecule has 0 saturated heterocycles. The molecule has 0 radical (unpaired) electrons. The molecule has 3 aromatic rings. The standard InChI is InChI=1S/C13H11N3O4/c17-13(18)10-5-11(16-15-10)14-12(8-1-3-19-6-8)9-2-4-20-7-9/h1-7,12H,(H,17,18)(H2,14,15,16). The van der Waals surface area contributed by atoms with E-state index in [9.17, 15) is 4.79 Å². The minimum Gasteiger partial charge on any atom is -0.477 e. The van der Waals surface area contributed by atoms with Gasteiger partial charge in [-0.25, -0.2) is 4.79 Å². The maximum Gasteiger partial charge on any atom is 0.353 e. The van der Waals surface area contributed by atoms with Gasteiger partial charge in [0.15, 0.2) is 0 Å². The third kappa shape index (κ3) is 2.28. The molecule has 0 atom stereocenters. The highest BCUT2D eigenvalue weighted by Gasteiger charge is 2.18. The molecule has 0 fully saturated rings. The highest BCUT2D eigenvalue weighted by Crippen LogP contribution is 2.26. The van der Waals surface area contributed by atoms with Gasteiger partial charge in [-0.05, 0) is 12.1 Å². The number of nitrogens with zero attached hydrogens (tertiary/aromatic N) is 1. The highest BCUT2D eigenvalue weighted by atomic mass is 16.4. The number of aromatic carboxylic acids is 1. The number of H-pyrrole nitrogens is 1. The molecule has 0 unspecified atom stereocenters. The van der Waals surface area contributed by atoms with Crippen LogP contribution in [0.3, 0.4) is 0 Å². The van der Waals surface area contributed by atoms with E-state index in [2.05, 4.69) is 15.5 Å². The summed E-state index contributed by atoms with van der Waals surface area (Å²) in [5.41, 5.74) is 1.78. The third-order valence-corrected chi connectivity index (χ3v) is 2.85. The summed E-state index contributed by atoms with van der Waals surface area (Å²) < 4.78 is 10.2. The lowest BCUT2D eigenvalue weighted by molar-refractivity contribution is 0.0690. The lowest BCUT2D eigenvalue weighted by Gasteiger charge is -2.14. The molecule has 3 aromatic heterocycles. The molecule has 3 heterocycles. The second kappa shape index (κ2) is 4.96. The predicted octanol–water partition coefficient (Wildman–Crippen LogP) is 2.50. The topological polar surface area (TPSA) is 104 Å². The van der Waals surface area contributed by atoms with Gasteiger partial charge in [0.25, 0.3) is 0 Å². The number of carboxylic acid groups (broad SMARTS) is 1. The number of anilines is 1. The van der Waals surface area contributed by atoms with E-state index in [0.29, 0.717) is 5.82 Å². The quantitative estimate of drug-likeness (QED) is 0.659. The molecule has 0 aliphatic rings. The fraction of sp³-hybridized carbons (Fsp3) is 0.0769. The van der Waals surface area contributed by atoms with E-state index in [4.69, 9.17) is 13.9 Å². The number of aromatic amines is 1. The zero-order valence-corrected chi connectivity index (χ0v) is 10.2. The molecule has 0 spiro atoms. The molecular weight excluding hydrogens is 262 g/mol. The normalized spacial score (nSPS) is 10.8. The highest BCUT2D eigenvalue weighted by molar-refractivity contribution is 5.86. The van der Waals surface area contributed by atoms with Crippen LogP contribution in [0.2, 0.25) is 0 Å². The fourth-order valence-electron chi connectivity index (χ4n) is 1.89. The molecule has 7 nitrogen and oxygen atoms in total. The first-order chi connectivity index (χ1) is 9.74. The minimum atomic E-state index is -1.06. The Bertz CT molecular complexity index is 651. The number of aromatic nitrogens is 2. The van der Waals surface area contributed by atoms with Crippen LogP contribution in [-0.2, 0) is 0 Å². The Morgan fingerprint density at radius 2 is 1.90 bits per heavy atom. The van der Waals surface area contributed by atoms with E-state index in [1.807, 2.05) is 12.1 Å². The van der Waals surface area contributed by atoms with Crippen molar-refractivity contribution in [2.24, 2.45) is 0 Å². The number of nitrogens with one attached hydrogen (secondary N) is 2. The molecule has 0 saturated carbocycles. The number of furan rings is 2. The molecule has 20 heavy (non-hydrogen) atoms. The Kier molecular flexibility index (Phi) is 3.00. The van der Waals surface area contributed by atoms with E-state index in [1.54, 1.807) is 25.1 Å². The first kappa shape index (κ1) is 12.1. The second-order valence-corrected chi connectivity index (χ2v) is 4.16. The lowest BCUT2D eigenvalue weighted by Crippen LogP contribution is -2.11. The van der Waals surface area contributed by atoms with Crippen LogP contribution in [0, 0.1) is 0 Å². The maximum atomic E-state index is 10.8. The molecule has 102 valence electrons. The van der Waals surface area contributed by atoms with Crippen molar-refractivity contribution >= 4 is 11.8 Å². The summed E-state index contributed by atoms with van der Waals surface area (Å²) in [5.74, 6) is -0.636. The van der Waals surface area contributed by atoms with Crippen LogP contribution in [0.15, 0.2) is 52.1 Å². The summed E-state index contributed by atoms with van der Waals surface area (Å²) in [6, 6.07) is 4.82. The second-order valence-electron chi connectivity index (χ2n) is 4.16. The van der Waals surface area contributed by atoms with Crippen LogP contribution in [-0.4, -0.2) is 21.3 Å². The predicted molar refractivity (Wildman–Crippen MR) is 68.4 cm³/mol. The Labute approximate surface area is 113 Å². The van der Waals surface area contributed by atoms with Crippen molar-refractivity contribution in [1.82, 2.24) is 10.2 Å². The first-order valence-electron chi connectivity index (χ1n) is 5.83. The summed E-state index contributed by atoms with van der Waals surface area (Å²) >= 11 is 0. The summed E-state index contributed by atoms with van der Waals surface area (Å²) in [4.78, 5) is 10.8. The number of hydrogen-bond donors (Lipinski definition) is 3. The number of carboxylic acids is 1. The fourth-order valence-corrected chi connectivity index (χ4v) is 1.89. The van der Waals surface area contributed by atoms with Crippen molar-refractivity contribution in [3.8, 4) is 0 Å². The van der Waals surface area contributed by atoms with E-state index in [1.165, 1.54) is 6.07 Å². The minimum absolute atomic E-state index is 0.0191. The Balaban J connectivity index is 1.88.